The lowest BCUT2D eigenvalue weighted by Crippen LogP contribution is -2.41. The highest BCUT2D eigenvalue weighted by molar-refractivity contribution is 6.69. The maximum absolute atomic E-state index is 5.06. The van der Waals surface area contributed by atoms with Gasteiger partial charge in [-0.15, -0.1) is 0 Å². The Morgan fingerprint density at radius 2 is 1.54 bits per heavy atom. The molecule has 0 amide bonds. The average Bonchev–Trinajstić information content (AvgIpc) is 2.20. The van der Waals surface area contributed by atoms with Gasteiger partial charge >= 0.3 is 8.80 Å². The first-order chi connectivity index (χ1) is 6.24. The first-order valence-electron chi connectivity index (χ1n) is 3.60. The molecule has 74 valence electrons. The van der Waals surface area contributed by atoms with Crippen LogP contribution in [-0.4, -0.2) is 37.2 Å². The molecule has 0 atom stereocenters. The number of hydrogen-bond acceptors (Lipinski definition) is 4. The molecular formula is C8H14O4Si. The van der Waals surface area contributed by atoms with E-state index >= 15 is 0 Å². The molecule has 0 fully saturated rings. The highest BCUT2D eigenvalue weighted by Crippen LogP contribution is 2.02. The summed E-state index contributed by atoms with van der Waals surface area (Å²) >= 11 is 0. The molecule has 0 heterocycles. The van der Waals surface area contributed by atoms with Crippen molar-refractivity contribution in [3.8, 4) is 11.5 Å². The fraction of sp³-hybridized carbons (Fsp3) is 0.500. The Hall–Kier alpha value is -0.803. The summed E-state index contributed by atoms with van der Waals surface area (Å²) in [5.74, 6) is 2.71. The number of ether oxygens (including phenoxy) is 1. The summed E-state index contributed by atoms with van der Waals surface area (Å²) in [6.45, 7) is 0. The monoisotopic (exact) mass is 202 g/mol. The molecule has 0 aromatic heterocycles. The number of hydrogen-bond donors (Lipinski definition) is 0. The van der Waals surface area contributed by atoms with Crippen molar-refractivity contribution in [3.63, 3.8) is 0 Å². The molecule has 0 aromatic carbocycles. The van der Waals surface area contributed by atoms with Crippen LogP contribution < -0.4 is 0 Å². The van der Waals surface area contributed by atoms with E-state index in [0.29, 0.717) is 0 Å². The predicted molar refractivity (Wildman–Crippen MR) is 50.7 cm³/mol. The highest BCUT2D eigenvalue weighted by atomic mass is 28.4. The van der Waals surface area contributed by atoms with E-state index in [1.807, 2.05) is 0 Å². The maximum atomic E-state index is 5.06. The number of methoxy groups -OCH3 is 1. The smallest absolute Gasteiger partial charge is 0.504 e. The van der Waals surface area contributed by atoms with E-state index in [1.54, 1.807) is 13.2 Å². The Morgan fingerprint density at radius 3 is 1.92 bits per heavy atom. The third-order valence-corrected chi connectivity index (χ3v) is 3.38. The van der Waals surface area contributed by atoms with E-state index in [0.717, 1.165) is 0 Å². The van der Waals surface area contributed by atoms with Crippen LogP contribution in [0, 0.1) is 11.5 Å². The van der Waals surface area contributed by atoms with Crippen molar-refractivity contribution in [2.24, 2.45) is 0 Å². The molecule has 0 saturated carbocycles. The number of allylic oxidation sites excluding steroid dienone is 1. The first kappa shape index (κ1) is 12.2. The van der Waals surface area contributed by atoms with Crippen molar-refractivity contribution in [3.05, 3.63) is 12.3 Å². The van der Waals surface area contributed by atoms with Gasteiger partial charge in [0.05, 0.1) is 13.4 Å². The van der Waals surface area contributed by atoms with Gasteiger partial charge in [0.25, 0.3) is 0 Å². The molecule has 0 aliphatic heterocycles. The van der Waals surface area contributed by atoms with Crippen LogP contribution in [0.3, 0.4) is 0 Å². The summed E-state index contributed by atoms with van der Waals surface area (Å²) in [5.41, 5.74) is 2.77. The molecular weight excluding hydrogens is 188 g/mol. The van der Waals surface area contributed by atoms with Crippen molar-refractivity contribution in [2.75, 3.05) is 28.4 Å². The van der Waals surface area contributed by atoms with Crippen molar-refractivity contribution < 1.29 is 18.0 Å². The van der Waals surface area contributed by atoms with Gasteiger partial charge in [0.2, 0.25) is 0 Å². The SMILES string of the molecule is CO/C=C/C#C[Si](OC)(OC)OC. The van der Waals surface area contributed by atoms with Gasteiger partial charge in [0.1, 0.15) is 0 Å². The normalized spacial score (nSPS) is 11.1. The van der Waals surface area contributed by atoms with Gasteiger partial charge in [0.15, 0.2) is 0 Å². The van der Waals surface area contributed by atoms with Gasteiger partial charge in [-0.05, 0) is 5.54 Å². The zero-order chi connectivity index (χ0) is 10.2. The summed E-state index contributed by atoms with van der Waals surface area (Å²) in [4.78, 5) is 0. The van der Waals surface area contributed by atoms with Gasteiger partial charge in [0, 0.05) is 27.4 Å². The zero-order valence-electron chi connectivity index (χ0n) is 8.29. The quantitative estimate of drug-likeness (QED) is 0.379. The molecule has 0 spiro atoms. The zero-order valence-corrected chi connectivity index (χ0v) is 9.29. The van der Waals surface area contributed by atoms with Crippen LogP contribution in [0.15, 0.2) is 12.3 Å². The van der Waals surface area contributed by atoms with Crippen LogP contribution in [0.4, 0.5) is 0 Å². The molecule has 0 unspecified atom stereocenters. The third-order valence-electron chi connectivity index (χ3n) is 1.32. The summed E-state index contributed by atoms with van der Waals surface area (Å²) in [5, 5.41) is 0. The molecule has 0 rings (SSSR count). The van der Waals surface area contributed by atoms with Crippen LogP contribution in [-0.2, 0) is 18.0 Å². The summed E-state index contributed by atoms with van der Waals surface area (Å²) in [6.07, 6.45) is 3.02. The summed E-state index contributed by atoms with van der Waals surface area (Å²) in [7, 11) is 3.34. The second-order valence-electron chi connectivity index (χ2n) is 1.98. The minimum Gasteiger partial charge on any atom is -0.504 e. The Labute approximate surface area is 79.8 Å². The van der Waals surface area contributed by atoms with Crippen LogP contribution in [0.5, 0.6) is 0 Å². The first-order valence-corrected chi connectivity index (χ1v) is 5.33. The Bertz CT molecular complexity index is 204. The lowest BCUT2D eigenvalue weighted by Gasteiger charge is -2.16. The molecule has 0 aromatic rings. The average molecular weight is 202 g/mol. The maximum Gasteiger partial charge on any atom is 0.591 e. The molecule has 0 saturated heterocycles. The minimum atomic E-state index is -2.74. The van der Waals surface area contributed by atoms with Crippen LogP contribution >= 0.6 is 0 Å². The van der Waals surface area contributed by atoms with Gasteiger partial charge in [-0.25, -0.2) is 0 Å². The molecule has 0 aliphatic rings. The molecule has 0 N–H and O–H groups in total. The predicted octanol–water partition coefficient (Wildman–Crippen LogP) is 0.567. The molecule has 4 nitrogen and oxygen atoms in total. The van der Waals surface area contributed by atoms with E-state index in [1.165, 1.54) is 27.6 Å². The van der Waals surface area contributed by atoms with Crippen LogP contribution in [0.2, 0.25) is 0 Å². The molecule has 0 aliphatic carbocycles. The Balaban J connectivity index is 4.36. The van der Waals surface area contributed by atoms with E-state index in [2.05, 4.69) is 16.2 Å². The van der Waals surface area contributed by atoms with Crippen molar-refractivity contribution in [1.29, 1.82) is 0 Å². The second kappa shape index (κ2) is 6.68. The minimum absolute atomic E-state index is 1.47. The third kappa shape index (κ3) is 4.10. The summed E-state index contributed by atoms with van der Waals surface area (Å²) in [6, 6.07) is 0. The lowest BCUT2D eigenvalue weighted by molar-refractivity contribution is 0.141. The molecule has 5 heteroatoms. The highest BCUT2D eigenvalue weighted by Gasteiger charge is 2.36. The van der Waals surface area contributed by atoms with E-state index in [-0.39, 0.29) is 0 Å². The van der Waals surface area contributed by atoms with E-state index in [4.69, 9.17) is 13.3 Å². The van der Waals surface area contributed by atoms with Gasteiger partial charge in [-0.1, -0.05) is 5.92 Å². The molecule has 0 bridgehead atoms. The second-order valence-corrected chi connectivity index (χ2v) is 4.56. The lowest BCUT2D eigenvalue weighted by atomic mass is 10.7. The Kier molecular flexibility index (Phi) is 6.27. The van der Waals surface area contributed by atoms with Gasteiger partial charge in [-0.3, -0.25) is 0 Å². The van der Waals surface area contributed by atoms with E-state index < -0.39 is 8.80 Å². The number of rotatable bonds is 4. The van der Waals surface area contributed by atoms with Gasteiger partial charge in [-0.2, -0.15) is 0 Å². The van der Waals surface area contributed by atoms with E-state index in [9.17, 15) is 0 Å². The molecule has 13 heavy (non-hydrogen) atoms. The fourth-order valence-corrected chi connectivity index (χ4v) is 1.70. The topological polar surface area (TPSA) is 36.9 Å². The molecule has 0 radical (unpaired) electrons. The standard InChI is InChI=1S/C8H14O4Si/c1-9-7-5-6-8-13(10-2,11-3)12-4/h5,7H,1-4H3/b7-5+. The van der Waals surface area contributed by atoms with Gasteiger partial charge < -0.3 is 18.0 Å². The van der Waals surface area contributed by atoms with Crippen LogP contribution in [0.25, 0.3) is 0 Å². The van der Waals surface area contributed by atoms with Crippen molar-refractivity contribution in [2.45, 2.75) is 0 Å². The van der Waals surface area contributed by atoms with Crippen molar-refractivity contribution >= 4 is 8.80 Å². The van der Waals surface area contributed by atoms with Crippen LogP contribution in [0.1, 0.15) is 0 Å². The summed E-state index contributed by atoms with van der Waals surface area (Å²) < 4.78 is 19.9. The largest absolute Gasteiger partial charge is 0.591 e. The fourth-order valence-electron chi connectivity index (χ4n) is 0.635. The Morgan fingerprint density at radius 1 is 1.00 bits per heavy atom. The van der Waals surface area contributed by atoms with Crippen molar-refractivity contribution in [1.82, 2.24) is 0 Å².